The van der Waals surface area contributed by atoms with Crippen LogP contribution in [0.15, 0.2) is 48.5 Å². The van der Waals surface area contributed by atoms with Crippen LogP contribution in [0.1, 0.15) is 25.0 Å². The van der Waals surface area contributed by atoms with Crippen LogP contribution in [-0.4, -0.2) is 6.04 Å². The molecular weight excluding hydrogens is 293 g/mol. The summed E-state index contributed by atoms with van der Waals surface area (Å²) in [5.74, 6) is 0.637. The maximum atomic E-state index is 6.18. The molecular formula is C16H17Cl2NO. The van der Waals surface area contributed by atoms with E-state index in [1.54, 1.807) is 6.07 Å². The van der Waals surface area contributed by atoms with Crippen LogP contribution in [0.25, 0.3) is 0 Å². The first-order valence-electron chi connectivity index (χ1n) is 6.54. The predicted octanol–water partition coefficient (Wildman–Crippen LogP) is 4.85. The van der Waals surface area contributed by atoms with Crippen LogP contribution in [-0.2, 0) is 0 Å². The van der Waals surface area contributed by atoms with Crippen molar-refractivity contribution in [3.05, 3.63) is 64.1 Å². The van der Waals surface area contributed by atoms with Crippen molar-refractivity contribution in [3.63, 3.8) is 0 Å². The lowest BCUT2D eigenvalue weighted by Gasteiger charge is -2.25. The highest BCUT2D eigenvalue weighted by Gasteiger charge is 2.21. The summed E-state index contributed by atoms with van der Waals surface area (Å²) < 4.78 is 6.02. The molecule has 4 heteroatoms. The Morgan fingerprint density at radius 1 is 1.05 bits per heavy atom. The molecule has 0 aliphatic rings. The van der Waals surface area contributed by atoms with Crippen molar-refractivity contribution >= 4 is 23.2 Å². The van der Waals surface area contributed by atoms with E-state index in [0.29, 0.717) is 15.8 Å². The third kappa shape index (κ3) is 3.66. The normalized spacial score (nSPS) is 13.8. The van der Waals surface area contributed by atoms with Gasteiger partial charge in [-0.15, -0.1) is 0 Å². The zero-order valence-corrected chi connectivity index (χ0v) is 12.7. The summed E-state index contributed by atoms with van der Waals surface area (Å²) in [7, 11) is 0. The highest BCUT2D eigenvalue weighted by molar-refractivity contribution is 6.32. The van der Waals surface area contributed by atoms with E-state index < -0.39 is 0 Å². The van der Waals surface area contributed by atoms with Gasteiger partial charge < -0.3 is 10.5 Å². The third-order valence-electron chi connectivity index (χ3n) is 3.15. The van der Waals surface area contributed by atoms with Gasteiger partial charge in [0, 0.05) is 11.1 Å². The van der Waals surface area contributed by atoms with Gasteiger partial charge in [-0.25, -0.2) is 0 Å². The van der Waals surface area contributed by atoms with E-state index in [1.807, 2.05) is 49.4 Å². The summed E-state index contributed by atoms with van der Waals surface area (Å²) in [6, 6.07) is 14.8. The summed E-state index contributed by atoms with van der Waals surface area (Å²) >= 11 is 12.1. The van der Waals surface area contributed by atoms with Gasteiger partial charge in [0.05, 0.1) is 5.02 Å². The Morgan fingerprint density at radius 2 is 1.70 bits per heavy atom. The van der Waals surface area contributed by atoms with Crippen molar-refractivity contribution in [1.29, 1.82) is 0 Å². The molecule has 0 saturated carbocycles. The maximum absolute atomic E-state index is 6.18. The fourth-order valence-corrected chi connectivity index (χ4v) is 2.25. The molecule has 106 valence electrons. The zero-order valence-electron chi connectivity index (χ0n) is 11.2. The Kier molecular flexibility index (Phi) is 5.30. The van der Waals surface area contributed by atoms with Gasteiger partial charge in [-0.1, -0.05) is 54.4 Å². The molecule has 2 aromatic carbocycles. The van der Waals surface area contributed by atoms with Crippen LogP contribution >= 0.6 is 23.2 Å². The van der Waals surface area contributed by atoms with Gasteiger partial charge >= 0.3 is 0 Å². The molecule has 2 atom stereocenters. The zero-order chi connectivity index (χ0) is 14.5. The third-order valence-corrected chi connectivity index (χ3v) is 3.71. The molecule has 0 amide bonds. The minimum Gasteiger partial charge on any atom is -0.483 e. The summed E-state index contributed by atoms with van der Waals surface area (Å²) in [5.41, 5.74) is 7.17. The molecule has 2 N–H and O–H groups in total. The number of benzene rings is 2. The molecule has 0 heterocycles. The van der Waals surface area contributed by atoms with Crippen molar-refractivity contribution < 1.29 is 4.74 Å². The lowest BCUT2D eigenvalue weighted by Crippen LogP contribution is -2.31. The van der Waals surface area contributed by atoms with E-state index in [2.05, 4.69) is 0 Å². The number of hydrogen-bond donors (Lipinski definition) is 1. The minimum absolute atomic E-state index is 0.118. The van der Waals surface area contributed by atoms with E-state index in [1.165, 1.54) is 0 Å². The lowest BCUT2D eigenvalue weighted by molar-refractivity contribution is 0.171. The molecule has 2 aromatic rings. The second-order valence-electron chi connectivity index (χ2n) is 4.59. The lowest BCUT2D eigenvalue weighted by atomic mass is 10.0. The smallest absolute Gasteiger partial charge is 0.139 e. The highest BCUT2D eigenvalue weighted by atomic mass is 35.5. The van der Waals surface area contributed by atoms with Crippen LogP contribution in [0.5, 0.6) is 5.75 Å². The standard InChI is InChI=1S/C16H17Cl2NO/c1-2-14(19)16(11-7-9-12(17)10-8-11)20-15-6-4-3-5-13(15)18/h3-10,14,16H,2,19H2,1H3. The Labute approximate surface area is 129 Å². The van der Waals surface area contributed by atoms with Gasteiger partial charge in [-0.2, -0.15) is 0 Å². The van der Waals surface area contributed by atoms with Crippen LogP contribution in [0.4, 0.5) is 0 Å². The SMILES string of the molecule is CCC(N)C(Oc1ccccc1Cl)c1ccc(Cl)cc1. The quantitative estimate of drug-likeness (QED) is 0.856. The highest BCUT2D eigenvalue weighted by Crippen LogP contribution is 2.31. The van der Waals surface area contributed by atoms with Gasteiger partial charge in [0.15, 0.2) is 0 Å². The van der Waals surface area contributed by atoms with E-state index >= 15 is 0 Å². The van der Waals surface area contributed by atoms with Crippen molar-refractivity contribution in [2.45, 2.75) is 25.5 Å². The van der Waals surface area contributed by atoms with Gasteiger partial charge in [0.1, 0.15) is 11.9 Å². The molecule has 0 bridgehead atoms. The molecule has 2 rings (SSSR count). The first-order valence-corrected chi connectivity index (χ1v) is 7.29. The molecule has 2 unspecified atom stereocenters. The molecule has 0 spiro atoms. The predicted molar refractivity (Wildman–Crippen MR) is 84.5 cm³/mol. The molecule has 0 aromatic heterocycles. The monoisotopic (exact) mass is 309 g/mol. The molecule has 0 aliphatic heterocycles. The number of halogens is 2. The Hall–Kier alpha value is -1.22. The topological polar surface area (TPSA) is 35.2 Å². The summed E-state index contributed by atoms with van der Waals surface area (Å²) in [4.78, 5) is 0. The van der Waals surface area contributed by atoms with Gasteiger partial charge in [-0.05, 0) is 36.2 Å². The van der Waals surface area contributed by atoms with Crippen molar-refractivity contribution in [2.75, 3.05) is 0 Å². The largest absolute Gasteiger partial charge is 0.483 e. The fourth-order valence-electron chi connectivity index (χ4n) is 1.95. The maximum Gasteiger partial charge on any atom is 0.139 e. The number of hydrogen-bond acceptors (Lipinski definition) is 2. The van der Waals surface area contributed by atoms with Crippen molar-refractivity contribution in [2.24, 2.45) is 5.73 Å². The first-order chi connectivity index (χ1) is 9.61. The fraction of sp³-hybridized carbons (Fsp3) is 0.250. The van der Waals surface area contributed by atoms with Crippen LogP contribution < -0.4 is 10.5 Å². The second kappa shape index (κ2) is 6.98. The average Bonchev–Trinajstić information content (AvgIpc) is 2.47. The molecule has 20 heavy (non-hydrogen) atoms. The van der Waals surface area contributed by atoms with E-state index in [0.717, 1.165) is 12.0 Å². The summed E-state index contributed by atoms with van der Waals surface area (Å²) in [5, 5.41) is 1.27. The average molecular weight is 310 g/mol. The number of para-hydroxylation sites is 1. The molecule has 0 radical (unpaired) electrons. The van der Waals surface area contributed by atoms with Crippen molar-refractivity contribution in [3.8, 4) is 5.75 Å². The van der Waals surface area contributed by atoms with E-state index in [4.69, 9.17) is 33.7 Å². The Bertz CT molecular complexity index is 557. The van der Waals surface area contributed by atoms with Crippen LogP contribution in [0.3, 0.4) is 0 Å². The Balaban J connectivity index is 2.29. The molecule has 2 nitrogen and oxygen atoms in total. The van der Waals surface area contributed by atoms with E-state index in [-0.39, 0.29) is 12.1 Å². The van der Waals surface area contributed by atoms with Gasteiger partial charge in [0.2, 0.25) is 0 Å². The number of nitrogens with two attached hydrogens (primary N) is 1. The summed E-state index contributed by atoms with van der Waals surface area (Å²) in [6.07, 6.45) is 0.551. The van der Waals surface area contributed by atoms with Crippen LogP contribution in [0, 0.1) is 0 Å². The second-order valence-corrected chi connectivity index (χ2v) is 5.44. The van der Waals surface area contributed by atoms with E-state index in [9.17, 15) is 0 Å². The minimum atomic E-state index is -0.253. The van der Waals surface area contributed by atoms with Crippen LogP contribution in [0.2, 0.25) is 10.0 Å². The molecule has 0 fully saturated rings. The Morgan fingerprint density at radius 3 is 2.30 bits per heavy atom. The van der Waals surface area contributed by atoms with Gasteiger partial charge in [0.25, 0.3) is 0 Å². The molecule has 0 saturated heterocycles. The van der Waals surface area contributed by atoms with Crippen molar-refractivity contribution in [1.82, 2.24) is 0 Å². The first kappa shape index (κ1) is 15.2. The van der Waals surface area contributed by atoms with Gasteiger partial charge in [-0.3, -0.25) is 0 Å². The molecule has 0 aliphatic carbocycles. The summed E-state index contributed by atoms with van der Waals surface area (Å²) in [6.45, 7) is 2.03. The number of rotatable bonds is 5. The number of ether oxygens (including phenoxy) is 1.